The van der Waals surface area contributed by atoms with Crippen LogP contribution in [0.5, 0.6) is 11.5 Å². The molecule has 0 atom stereocenters. The summed E-state index contributed by atoms with van der Waals surface area (Å²) in [6.45, 7) is 2.15. The van der Waals surface area contributed by atoms with Crippen molar-refractivity contribution in [3.05, 3.63) is 34.9 Å². The predicted molar refractivity (Wildman–Crippen MR) is 99.0 cm³/mol. The Bertz CT molecular complexity index is 749. The van der Waals surface area contributed by atoms with Crippen molar-refractivity contribution in [1.82, 2.24) is 0 Å². The monoisotopic (exact) mass is 359 g/mol. The van der Waals surface area contributed by atoms with E-state index in [1.165, 1.54) is 32.8 Å². The van der Waals surface area contributed by atoms with Gasteiger partial charge in [-0.2, -0.15) is 0 Å². The zero-order chi connectivity index (χ0) is 19.1. The van der Waals surface area contributed by atoms with Crippen LogP contribution < -0.4 is 9.47 Å². The largest absolute Gasteiger partial charge is 0.496 e. The van der Waals surface area contributed by atoms with Crippen LogP contribution in [0.4, 0.5) is 0 Å². The first-order chi connectivity index (χ1) is 12.6. The number of unbranched alkanes of at least 4 members (excludes halogenated alkanes) is 4. The minimum atomic E-state index is -0.336. The lowest BCUT2D eigenvalue weighted by Gasteiger charge is -2.20. The fraction of sp³-hybridized carbons (Fsp3) is 0.450. The molecule has 140 valence electrons. The molecular weight excluding hydrogens is 334 g/mol. The van der Waals surface area contributed by atoms with E-state index < -0.39 is 0 Å². The van der Waals surface area contributed by atoms with Crippen LogP contribution in [-0.2, 0) is 0 Å². The fourth-order valence-corrected chi connectivity index (χ4v) is 3.16. The molecule has 0 spiro atoms. The second-order valence-electron chi connectivity index (χ2n) is 6.18. The van der Waals surface area contributed by atoms with Crippen LogP contribution in [-0.4, -0.2) is 36.7 Å². The Morgan fingerprint density at radius 1 is 1.00 bits per heavy atom. The van der Waals surface area contributed by atoms with E-state index in [1.807, 2.05) is 0 Å². The highest BCUT2D eigenvalue weighted by molar-refractivity contribution is 6.25. The van der Waals surface area contributed by atoms with Crippen molar-refractivity contribution in [2.75, 3.05) is 14.2 Å². The van der Waals surface area contributed by atoms with Gasteiger partial charge in [0.15, 0.2) is 11.6 Å². The van der Waals surface area contributed by atoms with Gasteiger partial charge in [-0.05, 0) is 31.1 Å². The van der Waals surface area contributed by atoms with Gasteiger partial charge in [-0.15, -0.1) is 0 Å². The minimum absolute atomic E-state index is 0.154. The number of carbonyl (C=O) groups is 2. The molecule has 0 heterocycles. The van der Waals surface area contributed by atoms with E-state index in [2.05, 4.69) is 12.1 Å². The number of nitrogens with zero attached hydrogens (tertiary/aromatic N) is 1. The van der Waals surface area contributed by atoms with Gasteiger partial charge in [0.05, 0.1) is 31.1 Å². The molecule has 0 aliphatic heterocycles. The van der Waals surface area contributed by atoms with Crippen LogP contribution in [0.2, 0.25) is 0 Å². The summed E-state index contributed by atoms with van der Waals surface area (Å²) in [6, 6.07) is 1.60. The molecule has 0 amide bonds. The third-order valence-electron chi connectivity index (χ3n) is 4.50. The molecule has 1 aliphatic rings. The topological polar surface area (TPSA) is 85.2 Å². The lowest BCUT2D eigenvalue weighted by Crippen LogP contribution is -2.17. The Morgan fingerprint density at radius 3 is 2.23 bits per heavy atom. The Labute approximate surface area is 153 Å². The van der Waals surface area contributed by atoms with Crippen molar-refractivity contribution in [3.8, 4) is 11.5 Å². The van der Waals surface area contributed by atoms with Crippen molar-refractivity contribution < 1.29 is 24.3 Å². The molecule has 0 radical (unpaired) electrons. The zero-order valence-corrected chi connectivity index (χ0v) is 15.5. The van der Waals surface area contributed by atoms with Crippen LogP contribution in [0.1, 0.15) is 71.7 Å². The second kappa shape index (κ2) is 9.17. The standard InChI is InChI=1S/C20H25NO5/c1-4-5-6-7-8-9-14(21-24)13-12-17(25-2)18-15(22)10-11-16(23)19(18)20(13)26-3/h10-12,24H,4-9H2,1-3H3. The molecule has 1 aliphatic carbocycles. The molecule has 1 N–H and O–H groups in total. The number of allylic oxidation sites excluding steroid dienone is 2. The summed E-state index contributed by atoms with van der Waals surface area (Å²) in [5.74, 6) is -0.143. The summed E-state index contributed by atoms with van der Waals surface area (Å²) in [4.78, 5) is 24.6. The van der Waals surface area contributed by atoms with Gasteiger partial charge < -0.3 is 14.7 Å². The average molecular weight is 359 g/mol. The van der Waals surface area contributed by atoms with Crippen LogP contribution >= 0.6 is 0 Å². The maximum Gasteiger partial charge on any atom is 0.190 e. The molecule has 0 bridgehead atoms. The van der Waals surface area contributed by atoms with Crippen molar-refractivity contribution in [3.63, 3.8) is 0 Å². The number of methoxy groups -OCH3 is 2. The highest BCUT2D eigenvalue weighted by Crippen LogP contribution is 2.38. The van der Waals surface area contributed by atoms with E-state index in [9.17, 15) is 14.8 Å². The van der Waals surface area contributed by atoms with Crippen LogP contribution in [0.3, 0.4) is 0 Å². The summed E-state index contributed by atoms with van der Waals surface area (Å²) >= 11 is 0. The molecule has 0 saturated carbocycles. The lowest BCUT2D eigenvalue weighted by molar-refractivity contribution is 0.0989. The van der Waals surface area contributed by atoms with Gasteiger partial charge in [-0.3, -0.25) is 9.59 Å². The van der Waals surface area contributed by atoms with E-state index in [4.69, 9.17) is 9.47 Å². The maximum atomic E-state index is 12.4. The number of oxime groups is 1. The summed E-state index contributed by atoms with van der Waals surface area (Å²) < 4.78 is 10.8. The molecule has 6 heteroatoms. The van der Waals surface area contributed by atoms with Crippen molar-refractivity contribution in [2.45, 2.75) is 45.4 Å². The van der Waals surface area contributed by atoms with Gasteiger partial charge >= 0.3 is 0 Å². The van der Waals surface area contributed by atoms with Crippen LogP contribution in [0.25, 0.3) is 0 Å². The molecular formula is C20H25NO5. The van der Waals surface area contributed by atoms with Crippen molar-refractivity contribution in [1.29, 1.82) is 0 Å². The zero-order valence-electron chi connectivity index (χ0n) is 15.5. The molecule has 6 nitrogen and oxygen atoms in total. The number of benzene rings is 1. The van der Waals surface area contributed by atoms with Gasteiger partial charge in [-0.25, -0.2) is 0 Å². The van der Waals surface area contributed by atoms with Crippen LogP contribution in [0.15, 0.2) is 23.4 Å². The second-order valence-corrected chi connectivity index (χ2v) is 6.18. The van der Waals surface area contributed by atoms with E-state index in [-0.39, 0.29) is 34.2 Å². The van der Waals surface area contributed by atoms with Crippen LogP contribution in [0, 0.1) is 0 Å². The molecule has 0 unspecified atom stereocenters. The number of ketones is 2. The Morgan fingerprint density at radius 2 is 1.65 bits per heavy atom. The molecule has 26 heavy (non-hydrogen) atoms. The lowest BCUT2D eigenvalue weighted by atomic mass is 9.88. The minimum Gasteiger partial charge on any atom is -0.496 e. The van der Waals surface area contributed by atoms with Gasteiger partial charge in [0.2, 0.25) is 0 Å². The van der Waals surface area contributed by atoms with E-state index in [1.54, 1.807) is 6.07 Å². The SMILES string of the molecule is CCCCCCCC(=NO)c1cc(OC)c2c(c1OC)C(=O)C=CC2=O. The number of ether oxygens (including phenoxy) is 2. The highest BCUT2D eigenvalue weighted by atomic mass is 16.5. The maximum absolute atomic E-state index is 12.4. The number of hydrogen-bond donors (Lipinski definition) is 1. The fourth-order valence-electron chi connectivity index (χ4n) is 3.16. The Balaban J connectivity index is 2.44. The summed E-state index contributed by atoms with van der Waals surface area (Å²) in [5.41, 5.74) is 1.22. The molecule has 0 fully saturated rings. The number of fused-ring (bicyclic) bond motifs is 1. The quantitative estimate of drug-likeness (QED) is 0.309. The van der Waals surface area contributed by atoms with E-state index in [0.717, 1.165) is 25.7 Å². The van der Waals surface area contributed by atoms with Crippen molar-refractivity contribution >= 4 is 17.3 Å². The average Bonchev–Trinajstić information content (AvgIpc) is 2.66. The molecule has 0 saturated heterocycles. The summed E-state index contributed by atoms with van der Waals surface area (Å²) in [6.07, 6.45) is 8.31. The Kier molecular flexibility index (Phi) is 6.95. The molecule has 0 aromatic heterocycles. The van der Waals surface area contributed by atoms with Gasteiger partial charge in [0, 0.05) is 5.56 Å². The third-order valence-corrected chi connectivity index (χ3v) is 4.50. The van der Waals surface area contributed by atoms with Gasteiger partial charge in [0.25, 0.3) is 0 Å². The first-order valence-corrected chi connectivity index (χ1v) is 8.86. The first kappa shape index (κ1) is 19.7. The highest BCUT2D eigenvalue weighted by Gasteiger charge is 2.31. The van der Waals surface area contributed by atoms with E-state index in [0.29, 0.717) is 17.7 Å². The number of rotatable bonds is 9. The Hall–Kier alpha value is -2.63. The van der Waals surface area contributed by atoms with Crippen molar-refractivity contribution in [2.24, 2.45) is 5.16 Å². The third kappa shape index (κ3) is 3.95. The summed E-state index contributed by atoms with van der Waals surface area (Å²) in [5, 5.41) is 12.9. The predicted octanol–water partition coefficient (Wildman–Crippen LogP) is 4.18. The smallest absolute Gasteiger partial charge is 0.190 e. The van der Waals surface area contributed by atoms with Gasteiger partial charge in [-0.1, -0.05) is 37.8 Å². The first-order valence-electron chi connectivity index (χ1n) is 8.86. The van der Waals surface area contributed by atoms with Gasteiger partial charge in [0.1, 0.15) is 11.5 Å². The normalized spacial score (nSPS) is 13.7. The number of carbonyl (C=O) groups excluding carboxylic acids is 2. The number of hydrogen-bond acceptors (Lipinski definition) is 6. The summed E-state index contributed by atoms with van der Waals surface area (Å²) in [7, 11) is 2.86. The van der Waals surface area contributed by atoms with E-state index >= 15 is 0 Å². The molecule has 2 rings (SSSR count). The molecule has 1 aromatic carbocycles. The molecule has 1 aromatic rings.